The number of nitrogens with one attached hydrogen (secondary N) is 2. The van der Waals surface area contributed by atoms with E-state index in [4.69, 9.17) is 0 Å². The molecule has 148 valence electrons. The van der Waals surface area contributed by atoms with Crippen LogP contribution in [0.25, 0.3) is 0 Å². The molecular weight excluding hydrogens is 365 g/mol. The first kappa shape index (κ1) is 19.0. The lowest BCUT2D eigenvalue weighted by Crippen LogP contribution is -2.34. The second kappa shape index (κ2) is 8.32. The molecule has 1 aliphatic carbocycles. The van der Waals surface area contributed by atoms with Crippen molar-refractivity contribution in [2.45, 2.75) is 31.8 Å². The summed E-state index contributed by atoms with van der Waals surface area (Å²) in [5, 5.41) is 6.77. The number of alkyl halides is 1. The summed E-state index contributed by atoms with van der Waals surface area (Å²) in [4.78, 5) is 6.28. The third-order valence-corrected chi connectivity index (χ3v) is 5.12. The van der Waals surface area contributed by atoms with Gasteiger partial charge in [-0.1, -0.05) is 18.2 Å². The van der Waals surface area contributed by atoms with Crippen LogP contribution in [0.5, 0.6) is 0 Å². The van der Waals surface area contributed by atoms with Gasteiger partial charge in [0, 0.05) is 19.6 Å². The van der Waals surface area contributed by atoms with Gasteiger partial charge in [-0.25, -0.2) is 13.2 Å². The SMILES string of the molecule is FC1=CC(CN2C=NC(NCc3ccc4c(c3)CCNC4)C2)=CC(F)C=C1F. The lowest BCUT2D eigenvalue weighted by Gasteiger charge is -2.19. The molecule has 0 saturated heterocycles. The Labute approximate surface area is 162 Å². The minimum atomic E-state index is -1.63. The number of fused-ring (bicyclic) bond motifs is 1. The number of hydrogen-bond acceptors (Lipinski definition) is 4. The summed E-state index contributed by atoms with van der Waals surface area (Å²) in [6.45, 7) is 3.51. The van der Waals surface area contributed by atoms with Crippen LogP contribution in [0.1, 0.15) is 16.7 Å². The van der Waals surface area contributed by atoms with Gasteiger partial charge in [-0.3, -0.25) is 10.3 Å². The average Bonchev–Trinajstić information content (AvgIpc) is 3.08. The second-order valence-electron chi connectivity index (χ2n) is 7.31. The third-order valence-electron chi connectivity index (χ3n) is 5.12. The normalized spacial score (nSPS) is 24.4. The van der Waals surface area contributed by atoms with Crippen molar-refractivity contribution in [1.29, 1.82) is 0 Å². The smallest absolute Gasteiger partial charge is 0.158 e. The van der Waals surface area contributed by atoms with Crippen molar-refractivity contribution >= 4 is 6.34 Å². The molecule has 0 fully saturated rings. The molecule has 2 unspecified atom stereocenters. The molecule has 0 aromatic heterocycles. The molecule has 0 amide bonds. The van der Waals surface area contributed by atoms with Crippen LogP contribution in [-0.2, 0) is 19.5 Å². The molecule has 4 rings (SSSR count). The van der Waals surface area contributed by atoms with Crippen LogP contribution in [0, 0.1) is 0 Å². The van der Waals surface area contributed by atoms with E-state index in [0.29, 0.717) is 24.7 Å². The van der Waals surface area contributed by atoms with Gasteiger partial charge in [-0.15, -0.1) is 0 Å². The zero-order valence-electron chi connectivity index (χ0n) is 15.5. The average molecular weight is 388 g/mol. The van der Waals surface area contributed by atoms with Gasteiger partial charge in [-0.2, -0.15) is 0 Å². The van der Waals surface area contributed by atoms with Crippen molar-refractivity contribution in [2.75, 3.05) is 19.6 Å². The quantitative estimate of drug-likeness (QED) is 0.815. The first-order chi connectivity index (χ1) is 13.6. The Hall–Kier alpha value is -2.38. The highest BCUT2D eigenvalue weighted by Crippen LogP contribution is 2.23. The van der Waals surface area contributed by atoms with Gasteiger partial charge in [0.1, 0.15) is 12.3 Å². The largest absolute Gasteiger partial charge is 0.355 e. The summed E-state index contributed by atoms with van der Waals surface area (Å²) >= 11 is 0. The molecule has 0 spiro atoms. The van der Waals surface area contributed by atoms with Gasteiger partial charge >= 0.3 is 0 Å². The van der Waals surface area contributed by atoms with Gasteiger partial charge in [-0.05, 0) is 53.5 Å². The van der Waals surface area contributed by atoms with E-state index in [1.54, 1.807) is 6.34 Å². The molecule has 0 bridgehead atoms. The van der Waals surface area contributed by atoms with Crippen molar-refractivity contribution < 1.29 is 13.2 Å². The standard InChI is InChI=1S/C21H23F3N4/c22-18-6-15(7-19(23)20(24)8-18)11-28-12-21(27-13-28)26-9-14-1-2-17-10-25-4-3-16(17)5-14/h1-2,5-8,13,18,21,25-26H,3-4,9-12H2. The Kier molecular flexibility index (Phi) is 5.64. The predicted molar refractivity (Wildman–Crippen MR) is 104 cm³/mol. The van der Waals surface area contributed by atoms with E-state index in [1.807, 2.05) is 4.90 Å². The summed E-state index contributed by atoms with van der Waals surface area (Å²) in [6, 6.07) is 6.54. The van der Waals surface area contributed by atoms with Gasteiger partial charge in [0.2, 0.25) is 0 Å². The fourth-order valence-electron chi connectivity index (χ4n) is 3.67. The molecule has 7 heteroatoms. The van der Waals surface area contributed by atoms with Gasteiger partial charge in [0.25, 0.3) is 0 Å². The molecular formula is C21H23F3N4. The van der Waals surface area contributed by atoms with E-state index >= 15 is 0 Å². The van der Waals surface area contributed by atoms with Crippen molar-refractivity contribution in [3.8, 4) is 0 Å². The molecule has 1 aromatic carbocycles. The minimum Gasteiger partial charge on any atom is -0.355 e. The zero-order valence-corrected chi connectivity index (χ0v) is 15.5. The van der Waals surface area contributed by atoms with E-state index in [2.05, 4.69) is 33.8 Å². The lowest BCUT2D eigenvalue weighted by molar-refractivity contribution is 0.417. The van der Waals surface area contributed by atoms with Crippen LogP contribution in [0.2, 0.25) is 0 Å². The van der Waals surface area contributed by atoms with E-state index in [-0.39, 0.29) is 12.7 Å². The van der Waals surface area contributed by atoms with Crippen molar-refractivity contribution in [1.82, 2.24) is 15.5 Å². The fourth-order valence-corrected chi connectivity index (χ4v) is 3.67. The van der Waals surface area contributed by atoms with E-state index in [0.717, 1.165) is 25.6 Å². The van der Waals surface area contributed by atoms with Crippen LogP contribution in [0.15, 0.2) is 58.6 Å². The summed E-state index contributed by atoms with van der Waals surface area (Å²) in [5.41, 5.74) is 4.36. The third kappa shape index (κ3) is 4.54. The molecule has 2 atom stereocenters. The highest BCUT2D eigenvalue weighted by Gasteiger charge is 2.20. The van der Waals surface area contributed by atoms with Crippen molar-refractivity contribution in [3.63, 3.8) is 0 Å². The lowest BCUT2D eigenvalue weighted by atomic mass is 9.98. The van der Waals surface area contributed by atoms with Crippen LogP contribution < -0.4 is 10.6 Å². The maximum Gasteiger partial charge on any atom is 0.158 e. The minimum absolute atomic E-state index is 0.0889. The number of hydrogen-bond donors (Lipinski definition) is 2. The molecule has 4 nitrogen and oxygen atoms in total. The van der Waals surface area contributed by atoms with Crippen LogP contribution in [-0.4, -0.2) is 43.2 Å². The van der Waals surface area contributed by atoms with E-state index in [1.165, 1.54) is 22.8 Å². The Morgan fingerprint density at radius 2 is 2.07 bits per heavy atom. The van der Waals surface area contributed by atoms with Crippen molar-refractivity contribution in [2.24, 2.45) is 4.99 Å². The van der Waals surface area contributed by atoms with Crippen LogP contribution in [0.3, 0.4) is 0 Å². The summed E-state index contributed by atoms with van der Waals surface area (Å²) in [6.07, 6.45) is 3.90. The molecule has 2 heterocycles. The number of allylic oxidation sites excluding steroid dienone is 4. The number of aliphatic imine (C=N–C) groups is 1. The zero-order chi connectivity index (χ0) is 19.5. The molecule has 0 saturated carbocycles. The molecule has 3 aliphatic rings. The van der Waals surface area contributed by atoms with Gasteiger partial charge < -0.3 is 10.2 Å². The number of rotatable bonds is 5. The molecule has 2 N–H and O–H groups in total. The first-order valence-electron chi connectivity index (χ1n) is 9.48. The Morgan fingerprint density at radius 1 is 1.18 bits per heavy atom. The Bertz CT molecular complexity index is 859. The van der Waals surface area contributed by atoms with E-state index in [9.17, 15) is 13.2 Å². The number of halogens is 3. The Morgan fingerprint density at radius 3 is 2.96 bits per heavy atom. The first-order valence-corrected chi connectivity index (χ1v) is 9.48. The fraction of sp³-hybridized carbons (Fsp3) is 0.381. The van der Waals surface area contributed by atoms with Gasteiger partial charge in [0.05, 0.1) is 12.9 Å². The summed E-state index contributed by atoms with van der Waals surface area (Å²) in [7, 11) is 0. The Balaban J connectivity index is 1.30. The molecule has 28 heavy (non-hydrogen) atoms. The summed E-state index contributed by atoms with van der Waals surface area (Å²) in [5.74, 6) is -2.20. The highest BCUT2D eigenvalue weighted by atomic mass is 19.2. The topological polar surface area (TPSA) is 39.7 Å². The predicted octanol–water partition coefficient (Wildman–Crippen LogP) is 3.08. The second-order valence-corrected chi connectivity index (χ2v) is 7.31. The molecule has 1 aromatic rings. The number of nitrogens with zero attached hydrogens (tertiary/aromatic N) is 2. The maximum atomic E-state index is 13.6. The van der Waals surface area contributed by atoms with Crippen LogP contribution >= 0.6 is 0 Å². The highest BCUT2D eigenvalue weighted by molar-refractivity contribution is 5.59. The monoisotopic (exact) mass is 388 g/mol. The van der Waals surface area contributed by atoms with Crippen LogP contribution in [0.4, 0.5) is 13.2 Å². The number of benzene rings is 1. The van der Waals surface area contributed by atoms with E-state index < -0.39 is 17.8 Å². The van der Waals surface area contributed by atoms with Crippen molar-refractivity contribution in [3.05, 3.63) is 70.3 Å². The molecule has 2 aliphatic heterocycles. The molecule has 0 radical (unpaired) electrons. The van der Waals surface area contributed by atoms with Gasteiger partial charge in [0.15, 0.2) is 11.7 Å². The summed E-state index contributed by atoms with van der Waals surface area (Å²) < 4.78 is 40.5. The maximum absolute atomic E-state index is 13.6.